The second-order valence-corrected chi connectivity index (χ2v) is 7.95. The molecule has 1 aliphatic rings. The first-order valence-electron chi connectivity index (χ1n) is 6.66. The van der Waals surface area contributed by atoms with Gasteiger partial charge in [-0.3, -0.25) is 9.10 Å². The first-order chi connectivity index (χ1) is 10.5. The third-order valence-electron chi connectivity index (χ3n) is 3.39. The highest BCUT2D eigenvalue weighted by molar-refractivity contribution is 14.1. The van der Waals surface area contributed by atoms with Crippen LogP contribution >= 0.6 is 22.6 Å². The van der Waals surface area contributed by atoms with Gasteiger partial charge in [0.15, 0.2) is 0 Å². The Balaban J connectivity index is 2.10. The van der Waals surface area contributed by atoms with E-state index in [4.69, 9.17) is 0 Å². The van der Waals surface area contributed by atoms with Gasteiger partial charge in [0.2, 0.25) is 5.91 Å². The number of halogens is 1. The zero-order valence-electron chi connectivity index (χ0n) is 11.5. The van der Waals surface area contributed by atoms with Gasteiger partial charge in [-0.05, 0) is 59.0 Å². The lowest BCUT2D eigenvalue weighted by molar-refractivity contribution is -0.115. The van der Waals surface area contributed by atoms with Crippen LogP contribution < -0.4 is 9.62 Å². The SMILES string of the molecule is O=C1CCN(S(=O)(=O)c2ccc(I)cc2)c2ccccc2N1. The van der Waals surface area contributed by atoms with E-state index in [2.05, 4.69) is 27.9 Å². The second kappa shape index (κ2) is 5.88. The topological polar surface area (TPSA) is 66.5 Å². The van der Waals surface area contributed by atoms with Crippen LogP contribution in [-0.2, 0) is 14.8 Å². The molecule has 0 aromatic heterocycles. The average Bonchev–Trinajstić information content (AvgIpc) is 2.66. The summed E-state index contributed by atoms with van der Waals surface area (Å²) in [5.74, 6) is -0.187. The van der Waals surface area contributed by atoms with E-state index in [1.54, 1.807) is 48.5 Å². The van der Waals surface area contributed by atoms with Crippen LogP contribution in [0.2, 0.25) is 0 Å². The summed E-state index contributed by atoms with van der Waals surface area (Å²) in [7, 11) is -3.70. The minimum absolute atomic E-state index is 0.122. The van der Waals surface area contributed by atoms with E-state index in [0.29, 0.717) is 11.4 Å². The molecule has 5 nitrogen and oxygen atoms in total. The van der Waals surface area contributed by atoms with Crippen molar-refractivity contribution < 1.29 is 13.2 Å². The Hall–Kier alpha value is -1.61. The number of nitrogens with zero attached hydrogens (tertiary/aromatic N) is 1. The van der Waals surface area contributed by atoms with E-state index in [0.717, 1.165) is 3.57 Å². The van der Waals surface area contributed by atoms with Gasteiger partial charge in [-0.15, -0.1) is 0 Å². The molecule has 0 bridgehead atoms. The van der Waals surface area contributed by atoms with Crippen molar-refractivity contribution in [2.45, 2.75) is 11.3 Å². The van der Waals surface area contributed by atoms with Crippen molar-refractivity contribution in [2.75, 3.05) is 16.2 Å². The zero-order chi connectivity index (χ0) is 15.7. The highest BCUT2D eigenvalue weighted by Crippen LogP contribution is 2.32. The lowest BCUT2D eigenvalue weighted by Crippen LogP contribution is -2.32. The fourth-order valence-electron chi connectivity index (χ4n) is 2.32. The normalized spacial score (nSPS) is 15.0. The fourth-order valence-corrected chi connectivity index (χ4v) is 4.16. The van der Waals surface area contributed by atoms with Crippen molar-refractivity contribution in [3.8, 4) is 0 Å². The van der Waals surface area contributed by atoms with Crippen LogP contribution in [0.15, 0.2) is 53.4 Å². The molecule has 0 saturated heterocycles. The molecule has 1 N–H and O–H groups in total. The van der Waals surface area contributed by atoms with Gasteiger partial charge in [-0.25, -0.2) is 8.42 Å². The predicted octanol–water partition coefficient (Wildman–Crippen LogP) is 2.83. The zero-order valence-corrected chi connectivity index (χ0v) is 14.5. The van der Waals surface area contributed by atoms with E-state index in [1.807, 2.05) is 0 Å². The number of hydrogen-bond acceptors (Lipinski definition) is 3. The van der Waals surface area contributed by atoms with Crippen LogP contribution in [0.5, 0.6) is 0 Å². The number of benzene rings is 2. The quantitative estimate of drug-likeness (QED) is 0.749. The van der Waals surface area contributed by atoms with Crippen molar-refractivity contribution in [1.82, 2.24) is 0 Å². The maximum Gasteiger partial charge on any atom is 0.264 e. The van der Waals surface area contributed by atoms with Crippen molar-refractivity contribution in [3.63, 3.8) is 0 Å². The Kier molecular flexibility index (Phi) is 4.09. The number of para-hydroxylation sites is 2. The van der Waals surface area contributed by atoms with Gasteiger partial charge in [-0.2, -0.15) is 0 Å². The van der Waals surface area contributed by atoms with Crippen molar-refractivity contribution in [2.24, 2.45) is 0 Å². The first kappa shape index (κ1) is 15.3. The van der Waals surface area contributed by atoms with Crippen LogP contribution in [-0.4, -0.2) is 20.9 Å². The number of amides is 1. The molecule has 114 valence electrons. The largest absolute Gasteiger partial charge is 0.324 e. The van der Waals surface area contributed by atoms with Crippen molar-refractivity contribution >= 4 is 49.9 Å². The summed E-state index contributed by atoms with van der Waals surface area (Å²) < 4.78 is 28.1. The monoisotopic (exact) mass is 428 g/mol. The molecule has 7 heteroatoms. The lowest BCUT2D eigenvalue weighted by Gasteiger charge is -2.23. The summed E-state index contributed by atoms with van der Waals surface area (Å²) in [4.78, 5) is 12.0. The molecular formula is C15H13IN2O3S. The van der Waals surface area contributed by atoms with E-state index in [9.17, 15) is 13.2 Å². The molecule has 0 fully saturated rings. The van der Waals surface area contributed by atoms with Gasteiger partial charge >= 0.3 is 0 Å². The van der Waals surface area contributed by atoms with Crippen LogP contribution in [0, 0.1) is 3.57 Å². The first-order valence-corrected chi connectivity index (χ1v) is 9.17. The molecule has 22 heavy (non-hydrogen) atoms. The summed E-state index contributed by atoms with van der Waals surface area (Å²) in [6.07, 6.45) is 0.123. The van der Waals surface area contributed by atoms with Gasteiger partial charge in [0.1, 0.15) is 0 Å². The van der Waals surface area contributed by atoms with E-state index in [-0.39, 0.29) is 23.8 Å². The van der Waals surface area contributed by atoms with E-state index in [1.165, 1.54) is 4.31 Å². The van der Waals surface area contributed by atoms with Gasteiger partial charge in [-0.1, -0.05) is 12.1 Å². The minimum atomic E-state index is -3.70. The maximum atomic E-state index is 12.9. The Bertz CT molecular complexity index is 819. The van der Waals surface area contributed by atoms with E-state index < -0.39 is 10.0 Å². The van der Waals surface area contributed by atoms with Crippen LogP contribution in [0.25, 0.3) is 0 Å². The van der Waals surface area contributed by atoms with Gasteiger partial charge in [0.05, 0.1) is 16.3 Å². The van der Waals surface area contributed by atoms with Gasteiger partial charge < -0.3 is 5.32 Å². The molecular weight excluding hydrogens is 415 g/mol. The number of anilines is 2. The highest BCUT2D eigenvalue weighted by atomic mass is 127. The smallest absolute Gasteiger partial charge is 0.264 e. The Morgan fingerprint density at radius 2 is 1.73 bits per heavy atom. The molecule has 0 spiro atoms. The number of fused-ring (bicyclic) bond motifs is 1. The third kappa shape index (κ3) is 2.82. The molecule has 1 heterocycles. The molecule has 0 saturated carbocycles. The summed E-state index contributed by atoms with van der Waals surface area (Å²) in [6, 6.07) is 13.6. The van der Waals surface area contributed by atoms with Crippen LogP contribution in [0.4, 0.5) is 11.4 Å². The second-order valence-electron chi connectivity index (χ2n) is 4.85. The standard InChI is InChI=1S/C15H13IN2O3S/c16-11-5-7-12(8-6-11)22(20,21)18-10-9-15(19)17-13-3-1-2-4-14(13)18/h1-8H,9-10H2,(H,17,19). The van der Waals surface area contributed by atoms with E-state index >= 15 is 0 Å². The molecule has 2 aromatic rings. The number of rotatable bonds is 2. The summed E-state index contributed by atoms with van der Waals surface area (Å²) in [6.45, 7) is 0.122. The predicted molar refractivity (Wildman–Crippen MR) is 93.4 cm³/mol. The van der Waals surface area contributed by atoms with Crippen LogP contribution in [0.1, 0.15) is 6.42 Å². The molecule has 0 radical (unpaired) electrons. The summed E-state index contributed by atoms with van der Waals surface area (Å²) >= 11 is 2.13. The van der Waals surface area contributed by atoms with Crippen molar-refractivity contribution in [1.29, 1.82) is 0 Å². The number of hydrogen-bond donors (Lipinski definition) is 1. The number of sulfonamides is 1. The summed E-state index contributed by atoms with van der Waals surface area (Å²) in [5.41, 5.74) is 1.01. The number of carbonyl (C=O) groups excluding carboxylic acids is 1. The average molecular weight is 428 g/mol. The van der Waals surface area contributed by atoms with Crippen LogP contribution in [0.3, 0.4) is 0 Å². The Labute approximate surface area is 142 Å². The minimum Gasteiger partial charge on any atom is -0.324 e. The Morgan fingerprint density at radius 1 is 1.05 bits per heavy atom. The fraction of sp³-hybridized carbons (Fsp3) is 0.133. The number of carbonyl (C=O) groups is 1. The Morgan fingerprint density at radius 3 is 2.45 bits per heavy atom. The number of nitrogens with one attached hydrogen (secondary N) is 1. The molecule has 1 amide bonds. The van der Waals surface area contributed by atoms with Crippen molar-refractivity contribution in [3.05, 3.63) is 52.1 Å². The molecule has 0 unspecified atom stereocenters. The molecule has 0 aliphatic carbocycles. The molecule has 1 aliphatic heterocycles. The molecule has 2 aromatic carbocycles. The third-order valence-corrected chi connectivity index (χ3v) is 5.94. The summed E-state index contributed by atoms with van der Waals surface area (Å²) in [5, 5.41) is 2.74. The van der Waals surface area contributed by atoms with Gasteiger partial charge in [0, 0.05) is 16.5 Å². The molecule has 3 rings (SSSR count). The maximum absolute atomic E-state index is 12.9. The van der Waals surface area contributed by atoms with Gasteiger partial charge in [0.25, 0.3) is 10.0 Å². The highest BCUT2D eigenvalue weighted by Gasteiger charge is 2.29. The lowest BCUT2D eigenvalue weighted by atomic mass is 10.2. The molecule has 0 atom stereocenters.